The highest BCUT2D eigenvalue weighted by molar-refractivity contribution is 6.30. The summed E-state index contributed by atoms with van der Waals surface area (Å²) in [5, 5.41) is 3.13. The molecule has 0 aliphatic carbocycles. The number of rotatable bonds is 7. The number of pyridine rings is 1. The summed E-state index contributed by atoms with van der Waals surface area (Å²) in [6.07, 6.45) is -8.56. The second-order valence-corrected chi connectivity index (χ2v) is 9.25. The summed E-state index contributed by atoms with van der Waals surface area (Å²) < 4.78 is 110. The molecule has 1 unspecified atom stereocenters. The molecule has 11 heteroatoms. The third-order valence-electron chi connectivity index (χ3n) is 6.15. The van der Waals surface area contributed by atoms with Gasteiger partial charge in [0.15, 0.2) is 0 Å². The highest BCUT2D eigenvalue weighted by Gasteiger charge is 2.40. The molecular formula is C28H19ClF8N2. The molecular weight excluding hydrogens is 552 g/mol. The van der Waals surface area contributed by atoms with E-state index in [1.807, 2.05) is 0 Å². The van der Waals surface area contributed by atoms with Gasteiger partial charge in [0.05, 0.1) is 27.4 Å². The third kappa shape index (κ3) is 6.57. The molecule has 0 radical (unpaired) electrons. The van der Waals surface area contributed by atoms with Crippen LogP contribution >= 0.6 is 11.6 Å². The van der Waals surface area contributed by atoms with Crippen LogP contribution in [0, 0.1) is 11.6 Å². The molecule has 2 nitrogen and oxygen atoms in total. The van der Waals surface area contributed by atoms with E-state index in [4.69, 9.17) is 11.6 Å². The minimum absolute atomic E-state index is 0.0851. The van der Waals surface area contributed by atoms with E-state index in [-0.39, 0.29) is 22.7 Å². The predicted molar refractivity (Wildman–Crippen MR) is 130 cm³/mol. The van der Waals surface area contributed by atoms with Crippen molar-refractivity contribution in [2.24, 2.45) is 0 Å². The van der Waals surface area contributed by atoms with Gasteiger partial charge >= 0.3 is 12.4 Å². The quantitative estimate of drug-likeness (QED) is 0.226. The molecule has 0 bridgehead atoms. The van der Waals surface area contributed by atoms with Crippen LogP contribution in [-0.2, 0) is 30.9 Å². The van der Waals surface area contributed by atoms with Crippen molar-refractivity contribution in [3.05, 3.63) is 135 Å². The molecule has 1 atom stereocenters. The Morgan fingerprint density at radius 3 is 2.00 bits per heavy atom. The zero-order valence-electron chi connectivity index (χ0n) is 19.8. The van der Waals surface area contributed by atoms with Crippen molar-refractivity contribution >= 4 is 11.6 Å². The SMILES string of the molecule is Fc1cc(C(F)(F)F)cc(C(Cc2ccccc2)(NCc2cc(C(F)(F)F)ccc2F)c2ccc(Cl)cn2)c1. The third-order valence-corrected chi connectivity index (χ3v) is 6.37. The molecule has 1 aromatic heterocycles. The standard InChI is InChI=1S/C28H19ClF8N2/c29-22-7-9-25(38-16-22)26(14-17-4-2-1-3-5-17,20-11-21(28(35,36)37)13-23(30)12-20)39-15-18-10-19(27(32,33)34)6-8-24(18)31/h1-13,16,39H,14-15H2. The van der Waals surface area contributed by atoms with Gasteiger partial charge < -0.3 is 0 Å². The maximum absolute atomic E-state index is 14.7. The predicted octanol–water partition coefficient (Wildman–Crippen LogP) is 8.33. The zero-order chi connectivity index (χ0) is 28.4. The number of nitrogens with one attached hydrogen (secondary N) is 1. The average Bonchev–Trinajstić information content (AvgIpc) is 2.87. The number of hydrogen-bond acceptors (Lipinski definition) is 2. The Balaban J connectivity index is 1.94. The molecule has 1 N–H and O–H groups in total. The van der Waals surface area contributed by atoms with Crippen LogP contribution in [0.2, 0.25) is 5.02 Å². The van der Waals surface area contributed by atoms with Crippen LogP contribution in [0.4, 0.5) is 35.1 Å². The van der Waals surface area contributed by atoms with Gasteiger partial charge in [-0.1, -0.05) is 41.9 Å². The maximum atomic E-state index is 14.7. The monoisotopic (exact) mass is 570 g/mol. The number of alkyl halides is 6. The first kappa shape index (κ1) is 28.5. The number of halogens is 9. The van der Waals surface area contributed by atoms with E-state index in [2.05, 4.69) is 10.3 Å². The summed E-state index contributed by atoms with van der Waals surface area (Å²) >= 11 is 5.98. The van der Waals surface area contributed by atoms with Crippen molar-refractivity contribution < 1.29 is 35.1 Å². The molecule has 0 aliphatic heterocycles. The van der Waals surface area contributed by atoms with E-state index in [9.17, 15) is 35.1 Å². The zero-order valence-corrected chi connectivity index (χ0v) is 20.6. The fourth-order valence-corrected chi connectivity index (χ4v) is 4.37. The summed E-state index contributed by atoms with van der Waals surface area (Å²) in [5.41, 5.74) is -4.11. The Labute approximate surface area is 223 Å². The molecule has 3 aromatic carbocycles. The van der Waals surface area contributed by atoms with Crippen molar-refractivity contribution in [2.45, 2.75) is 30.9 Å². The van der Waals surface area contributed by atoms with E-state index < -0.39 is 52.8 Å². The molecule has 1 heterocycles. The van der Waals surface area contributed by atoms with Gasteiger partial charge in [0.2, 0.25) is 0 Å². The minimum Gasteiger partial charge on any atom is -0.298 e. The first-order chi connectivity index (χ1) is 18.3. The second-order valence-electron chi connectivity index (χ2n) is 8.81. The van der Waals surface area contributed by atoms with E-state index >= 15 is 0 Å². The molecule has 0 saturated carbocycles. The van der Waals surface area contributed by atoms with Crippen molar-refractivity contribution in [1.29, 1.82) is 0 Å². The van der Waals surface area contributed by atoms with Crippen LogP contribution in [0.3, 0.4) is 0 Å². The van der Waals surface area contributed by atoms with Gasteiger partial charge in [-0.15, -0.1) is 0 Å². The molecule has 4 rings (SSSR count). The normalized spacial score (nSPS) is 13.8. The number of aromatic nitrogens is 1. The molecule has 0 saturated heterocycles. The van der Waals surface area contributed by atoms with E-state index in [1.54, 1.807) is 30.3 Å². The lowest BCUT2D eigenvalue weighted by Gasteiger charge is -2.36. The number of hydrogen-bond donors (Lipinski definition) is 1. The van der Waals surface area contributed by atoms with E-state index in [1.165, 1.54) is 18.3 Å². The molecule has 0 aliphatic rings. The lowest BCUT2D eigenvalue weighted by atomic mass is 9.79. The van der Waals surface area contributed by atoms with Crippen LogP contribution in [-0.4, -0.2) is 4.98 Å². The smallest absolute Gasteiger partial charge is 0.298 e. The molecule has 204 valence electrons. The van der Waals surface area contributed by atoms with Crippen LogP contribution in [0.15, 0.2) is 85.1 Å². The lowest BCUT2D eigenvalue weighted by molar-refractivity contribution is -0.138. The van der Waals surface area contributed by atoms with Crippen molar-refractivity contribution in [3.63, 3.8) is 0 Å². The van der Waals surface area contributed by atoms with Crippen LogP contribution < -0.4 is 5.32 Å². The Kier molecular flexibility index (Phi) is 7.99. The highest BCUT2D eigenvalue weighted by atomic mass is 35.5. The largest absolute Gasteiger partial charge is 0.416 e. The van der Waals surface area contributed by atoms with E-state index in [0.29, 0.717) is 29.8 Å². The average molecular weight is 571 g/mol. The van der Waals surface area contributed by atoms with Crippen molar-refractivity contribution in [1.82, 2.24) is 10.3 Å². The van der Waals surface area contributed by atoms with E-state index in [0.717, 1.165) is 12.1 Å². The maximum Gasteiger partial charge on any atom is 0.416 e. The van der Waals surface area contributed by atoms with Gasteiger partial charge in [-0.2, -0.15) is 26.3 Å². The van der Waals surface area contributed by atoms with Gasteiger partial charge in [0.1, 0.15) is 11.6 Å². The molecule has 39 heavy (non-hydrogen) atoms. The first-order valence-electron chi connectivity index (χ1n) is 11.4. The van der Waals surface area contributed by atoms with Gasteiger partial charge in [0.25, 0.3) is 0 Å². The molecule has 0 fully saturated rings. The van der Waals surface area contributed by atoms with Gasteiger partial charge in [-0.3, -0.25) is 10.3 Å². The Hall–Kier alpha value is -3.50. The summed E-state index contributed by atoms with van der Waals surface area (Å²) in [6, 6.07) is 15.0. The highest BCUT2D eigenvalue weighted by Crippen LogP contribution is 2.38. The van der Waals surface area contributed by atoms with Crippen LogP contribution in [0.5, 0.6) is 0 Å². The summed E-state index contributed by atoms with van der Waals surface area (Å²) in [5.74, 6) is -2.17. The van der Waals surface area contributed by atoms with Gasteiger partial charge in [0, 0.05) is 24.7 Å². The Bertz CT molecular complexity index is 1440. The van der Waals surface area contributed by atoms with Crippen LogP contribution in [0.1, 0.15) is 33.5 Å². The number of nitrogens with zero attached hydrogens (tertiary/aromatic N) is 1. The summed E-state index contributed by atoms with van der Waals surface area (Å²) in [7, 11) is 0. The lowest BCUT2D eigenvalue weighted by Crippen LogP contribution is -2.46. The molecule has 0 amide bonds. The summed E-state index contributed by atoms with van der Waals surface area (Å²) in [6.45, 7) is -0.565. The molecule has 0 spiro atoms. The van der Waals surface area contributed by atoms with Crippen molar-refractivity contribution in [2.75, 3.05) is 0 Å². The first-order valence-corrected chi connectivity index (χ1v) is 11.8. The minimum atomic E-state index is -4.91. The number of benzene rings is 3. The Morgan fingerprint density at radius 2 is 1.38 bits per heavy atom. The molecule has 4 aromatic rings. The van der Waals surface area contributed by atoms with Crippen LogP contribution in [0.25, 0.3) is 0 Å². The summed E-state index contributed by atoms with van der Waals surface area (Å²) in [4.78, 5) is 4.26. The Morgan fingerprint density at radius 1 is 0.718 bits per heavy atom. The van der Waals surface area contributed by atoms with Gasteiger partial charge in [-0.25, -0.2) is 8.78 Å². The fraction of sp³-hybridized carbons (Fsp3) is 0.179. The van der Waals surface area contributed by atoms with Crippen molar-refractivity contribution in [3.8, 4) is 0 Å². The van der Waals surface area contributed by atoms with Gasteiger partial charge in [-0.05, 0) is 59.7 Å². The fourth-order valence-electron chi connectivity index (χ4n) is 4.26. The topological polar surface area (TPSA) is 24.9 Å². The second kappa shape index (κ2) is 10.9.